The second-order valence-corrected chi connectivity index (χ2v) is 4.56. The summed E-state index contributed by atoms with van der Waals surface area (Å²) in [6, 6.07) is 16.1. The molecule has 2 heterocycles. The SMILES string of the molecule is c1ccc2c(c1)N=C(c1c[nH]c3ccccc13)CO2. The highest BCUT2D eigenvalue weighted by molar-refractivity contribution is 6.13. The van der Waals surface area contributed by atoms with Gasteiger partial charge in [-0.15, -0.1) is 0 Å². The van der Waals surface area contributed by atoms with E-state index in [-0.39, 0.29) is 0 Å². The minimum atomic E-state index is 0.513. The van der Waals surface area contributed by atoms with E-state index in [4.69, 9.17) is 9.73 Å². The van der Waals surface area contributed by atoms with Gasteiger partial charge in [0.15, 0.2) is 0 Å². The number of para-hydroxylation sites is 3. The molecule has 2 aromatic carbocycles. The lowest BCUT2D eigenvalue weighted by Crippen LogP contribution is -2.15. The first-order chi connectivity index (χ1) is 9.42. The largest absolute Gasteiger partial charge is 0.485 e. The van der Waals surface area contributed by atoms with Crippen molar-refractivity contribution in [2.24, 2.45) is 4.99 Å². The zero-order valence-electron chi connectivity index (χ0n) is 10.3. The number of nitrogens with one attached hydrogen (secondary N) is 1. The van der Waals surface area contributed by atoms with Crippen molar-refractivity contribution in [3.05, 3.63) is 60.3 Å². The topological polar surface area (TPSA) is 37.4 Å². The minimum absolute atomic E-state index is 0.513. The standard InChI is InChI=1S/C16H12N2O/c1-2-6-13-11(5-1)12(9-17-13)15-10-19-16-8-4-3-7-14(16)18-15/h1-9,17H,10H2. The maximum absolute atomic E-state index is 5.76. The van der Waals surface area contributed by atoms with Gasteiger partial charge in [-0.2, -0.15) is 0 Å². The molecule has 0 atom stereocenters. The summed E-state index contributed by atoms with van der Waals surface area (Å²) in [4.78, 5) is 7.98. The molecule has 1 aliphatic heterocycles. The summed E-state index contributed by atoms with van der Waals surface area (Å²) in [5, 5.41) is 1.18. The van der Waals surface area contributed by atoms with E-state index in [2.05, 4.69) is 17.1 Å². The number of ether oxygens (including phenoxy) is 1. The third-order valence-corrected chi connectivity index (χ3v) is 3.39. The van der Waals surface area contributed by atoms with Crippen molar-refractivity contribution < 1.29 is 4.74 Å². The summed E-state index contributed by atoms with van der Waals surface area (Å²) in [5.74, 6) is 0.853. The van der Waals surface area contributed by atoms with Crippen LogP contribution in [-0.4, -0.2) is 17.3 Å². The van der Waals surface area contributed by atoms with Gasteiger partial charge in [0, 0.05) is 22.7 Å². The smallest absolute Gasteiger partial charge is 0.145 e. The maximum Gasteiger partial charge on any atom is 0.145 e. The zero-order valence-corrected chi connectivity index (χ0v) is 10.3. The van der Waals surface area contributed by atoms with E-state index in [1.54, 1.807) is 0 Å². The van der Waals surface area contributed by atoms with E-state index in [1.807, 2.05) is 42.6 Å². The Morgan fingerprint density at radius 2 is 1.84 bits per heavy atom. The van der Waals surface area contributed by atoms with Crippen LogP contribution in [0.5, 0.6) is 5.75 Å². The molecule has 1 aromatic heterocycles. The highest BCUT2D eigenvalue weighted by Gasteiger charge is 2.16. The molecule has 0 bridgehead atoms. The molecule has 0 amide bonds. The first-order valence-electron chi connectivity index (χ1n) is 6.28. The fraction of sp³-hybridized carbons (Fsp3) is 0.0625. The Bertz CT molecular complexity index is 786. The number of hydrogen-bond donors (Lipinski definition) is 1. The predicted molar refractivity (Wildman–Crippen MR) is 76.4 cm³/mol. The van der Waals surface area contributed by atoms with Gasteiger partial charge < -0.3 is 9.72 Å². The van der Waals surface area contributed by atoms with Crippen LogP contribution in [0.4, 0.5) is 5.69 Å². The number of rotatable bonds is 1. The summed E-state index contributed by atoms with van der Waals surface area (Å²) in [5.41, 5.74) is 4.11. The quantitative estimate of drug-likeness (QED) is 0.700. The van der Waals surface area contributed by atoms with Gasteiger partial charge in [0.25, 0.3) is 0 Å². The average Bonchev–Trinajstić information content (AvgIpc) is 2.91. The summed E-state index contributed by atoms with van der Waals surface area (Å²) < 4.78 is 5.76. The lowest BCUT2D eigenvalue weighted by atomic mass is 10.1. The molecular formula is C16H12N2O. The van der Waals surface area contributed by atoms with Crippen molar-refractivity contribution >= 4 is 22.3 Å². The van der Waals surface area contributed by atoms with Gasteiger partial charge in [0.2, 0.25) is 0 Å². The first-order valence-corrected chi connectivity index (χ1v) is 6.28. The molecule has 0 saturated heterocycles. The number of benzene rings is 2. The van der Waals surface area contributed by atoms with Crippen molar-refractivity contribution in [3.8, 4) is 5.75 Å². The maximum atomic E-state index is 5.76. The lowest BCUT2D eigenvalue weighted by Gasteiger charge is -2.16. The summed E-state index contributed by atoms with van der Waals surface area (Å²) in [6.07, 6.45) is 2.00. The Labute approximate surface area is 110 Å². The minimum Gasteiger partial charge on any atom is -0.485 e. The van der Waals surface area contributed by atoms with Crippen LogP contribution in [-0.2, 0) is 0 Å². The highest BCUT2D eigenvalue weighted by atomic mass is 16.5. The molecule has 19 heavy (non-hydrogen) atoms. The predicted octanol–water partition coefficient (Wildman–Crippen LogP) is 3.68. The fourth-order valence-electron chi connectivity index (χ4n) is 2.44. The van der Waals surface area contributed by atoms with Crippen LogP contribution in [0.25, 0.3) is 10.9 Å². The molecular weight excluding hydrogens is 236 g/mol. The number of hydrogen-bond acceptors (Lipinski definition) is 2. The zero-order chi connectivity index (χ0) is 12.7. The van der Waals surface area contributed by atoms with Gasteiger partial charge in [-0.1, -0.05) is 30.3 Å². The van der Waals surface area contributed by atoms with E-state index in [9.17, 15) is 0 Å². The molecule has 1 N–H and O–H groups in total. The van der Waals surface area contributed by atoms with Gasteiger partial charge in [-0.05, 0) is 18.2 Å². The Balaban J connectivity index is 1.88. The van der Waals surface area contributed by atoms with Crippen LogP contribution < -0.4 is 4.74 Å². The Hall–Kier alpha value is -2.55. The molecule has 3 aromatic rings. The monoisotopic (exact) mass is 248 g/mol. The van der Waals surface area contributed by atoms with Crippen LogP contribution in [0.1, 0.15) is 5.56 Å². The van der Waals surface area contributed by atoms with Crippen LogP contribution in [0, 0.1) is 0 Å². The fourth-order valence-corrected chi connectivity index (χ4v) is 2.44. The Morgan fingerprint density at radius 3 is 2.84 bits per heavy atom. The number of nitrogens with zero attached hydrogens (tertiary/aromatic N) is 1. The number of aromatic nitrogens is 1. The van der Waals surface area contributed by atoms with Crippen LogP contribution >= 0.6 is 0 Å². The van der Waals surface area contributed by atoms with Crippen LogP contribution in [0.3, 0.4) is 0 Å². The molecule has 1 aliphatic rings. The molecule has 92 valence electrons. The lowest BCUT2D eigenvalue weighted by molar-refractivity contribution is 0.373. The Morgan fingerprint density at radius 1 is 1.00 bits per heavy atom. The summed E-state index contributed by atoms with van der Waals surface area (Å²) in [6.45, 7) is 0.513. The van der Waals surface area contributed by atoms with Gasteiger partial charge in [-0.25, -0.2) is 4.99 Å². The van der Waals surface area contributed by atoms with Crippen molar-refractivity contribution in [1.29, 1.82) is 0 Å². The van der Waals surface area contributed by atoms with Crippen molar-refractivity contribution in [3.63, 3.8) is 0 Å². The third kappa shape index (κ3) is 1.63. The number of aromatic amines is 1. The van der Waals surface area contributed by atoms with E-state index in [0.29, 0.717) is 6.61 Å². The van der Waals surface area contributed by atoms with Crippen molar-refractivity contribution in [1.82, 2.24) is 4.98 Å². The number of H-pyrrole nitrogens is 1. The molecule has 0 radical (unpaired) electrons. The molecule has 0 spiro atoms. The molecule has 0 unspecified atom stereocenters. The van der Waals surface area contributed by atoms with Gasteiger partial charge in [0.1, 0.15) is 18.0 Å². The normalized spacial score (nSPS) is 13.8. The number of fused-ring (bicyclic) bond motifs is 2. The molecule has 0 fully saturated rings. The Kier molecular flexibility index (Phi) is 2.18. The second kappa shape index (κ2) is 3.99. The van der Waals surface area contributed by atoms with E-state index in [0.717, 1.165) is 28.2 Å². The molecule has 0 saturated carbocycles. The van der Waals surface area contributed by atoms with Crippen LogP contribution in [0.15, 0.2) is 59.7 Å². The van der Waals surface area contributed by atoms with E-state index >= 15 is 0 Å². The van der Waals surface area contributed by atoms with Gasteiger partial charge in [0.05, 0.1) is 5.71 Å². The third-order valence-electron chi connectivity index (χ3n) is 3.39. The van der Waals surface area contributed by atoms with E-state index < -0.39 is 0 Å². The molecule has 4 rings (SSSR count). The molecule has 3 heteroatoms. The summed E-state index contributed by atoms with van der Waals surface area (Å²) >= 11 is 0. The van der Waals surface area contributed by atoms with Crippen molar-refractivity contribution in [2.75, 3.05) is 6.61 Å². The average molecular weight is 248 g/mol. The molecule has 0 aliphatic carbocycles. The second-order valence-electron chi connectivity index (χ2n) is 4.56. The molecule has 3 nitrogen and oxygen atoms in total. The first kappa shape index (κ1) is 10.4. The number of aliphatic imine (C=N–C) groups is 1. The van der Waals surface area contributed by atoms with Gasteiger partial charge >= 0.3 is 0 Å². The van der Waals surface area contributed by atoms with Crippen molar-refractivity contribution in [2.45, 2.75) is 0 Å². The summed E-state index contributed by atoms with van der Waals surface area (Å²) in [7, 11) is 0. The highest BCUT2D eigenvalue weighted by Crippen LogP contribution is 2.32. The van der Waals surface area contributed by atoms with E-state index in [1.165, 1.54) is 5.39 Å². The van der Waals surface area contributed by atoms with Crippen LogP contribution in [0.2, 0.25) is 0 Å². The van der Waals surface area contributed by atoms with Gasteiger partial charge in [-0.3, -0.25) is 0 Å².